The molecule has 1 aliphatic rings. The quantitative estimate of drug-likeness (QED) is 0.643. The minimum absolute atomic E-state index is 0.0358. The summed E-state index contributed by atoms with van der Waals surface area (Å²) in [6.07, 6.45) is 0.512. The highest BCUT2D eigenvalue weighted by Crippen LogP contribution is 2.38. The van der Waals surface area contributed by atoms with Gasteiger partial charge in [0, 0.05) is 18.0 Å². The third-order valence-corrected chi connectivity index (χ3v) is 6.00. The van der Waals surface area contributed by atoms with Crippen LogP contribution in [0.2, 0.25) is 0 Å². The van der Waals surface area contributed by atoms with Crippen LogP contribution in [0.5, 0.6) is 5.88 Å². The molecule has 1 saturated heterocycles. The van der Waals surface area contributed by atoms with Crippen molar-refractivity contribution < 1.29 is 13.5 Å². The van der Waals surface area contributed by atoms with Crippen LogP contribution >= 0.6 is 12.2 Å². The maximum atomic E-state index is 11.5. The van der Waals surface area contributed by atoms with E-state index in [4.69, 9.17) is 12.2 Å². The highest BCUT2D eigenvalue weighted by molar-refractivity contribution is 7.91. The molecule has 1 atom stereocenters. The summed E-state index contributed by atoms with van der Waals surface area (Å²) in [6.45, 7) is 2.53. The van der Waals surface area contributed by atoms with Gasteiger partial charge in [-0.3, -0.25) is 0 Å². The van der Waals surface area contributed by atoms with Crippen molar-refractivity contribution in [3.63, 3.8) is 0 Å². The van der Waals surface area contributed by atoms with E-state index in [1.165, 1.54) is 0 Å². The first-order valence-electron chi connectivity index (χ1n) is 7.64. The second-order valence-electron chi connectivity index (χ2n) is 5.68. The number of azo groups is 1. The SMILES string of the molecule is CCn1c(O)c(N=NC(=S)N[C@@H]2CCS(=O)(=O)C2)c2ccccc21. The fraction of sp³-hybridized carbons (Fsp3) is 0.400. The fourth-order valence-corrected chi connectivity index (χ4v) is 4.78. The Morgan fingerprint density at radius 2 is 2.21 bits per heavy atom. The second-order valence-corrected chi connectivity index (χ2v) is 8.30. The van der Waals surface area contributed by atoms with Gasteiger partial charge in [-0.05, 0) is 31.6 Å². The van der Waals surface area contributed by atoms with E-state index in [1.54, 1.807) is 4.57 Å². The van der Waals surface area contributed by atoms with E-state index >= 15 is 0 Å². The lowest BCUT2D eigenvalue weighted by molar-refractivity contribution is 0.427. The van der Waals surface area contributed by atoms with Crippen LogP contribution in [0.1, 0.15) is 13.3 Å². The van der Waals surface area contributed by atoms with Gasteiger partial charge in [0.2, 0.25) is 11.0 Å². The van der Waals surface area contributed by atoms with Crippen molar-refractivity contribution >= 4 is 43.8 Å². The third-order valence-electron chi connectivity index (χ3n) is 4.03. The number of nitrogens with one attached hydrogen (secondary N) is 1. The molecule has 1 aromatic carbocycles. The molecule has 2 heterocycles. The van der Waals surface area contributed by atoms with E-state index in [2.05, 4.69) is 15.5 Å². The van der Waals surface area contributed by atoms with Crippen LogP contribution in [0.25, 0.3) is 10.9 Å². The van der Waals surface area contributed by atoms with Crippen molar-refractivity contribution in [1.82, 2.24) is 9.88 Å². The Kier molecular flexibility index (Phi) is 4.55. The number of aryl methyl sites for hydroxylation is 1. The molecule has 1 aliphatic heterocycles. The highest BCUT2D eigenvalue weighted by Gasteiger charge is 2.28. The molecular weight excluding hydrogens is 348 g/mol. The maximum Gasteiger partial charge on any atom is 0.220 e. The number of fused-ring (bicyclic) bond motifs is 1. The number of rotatable bonds is 3. The van der Waals surface area contributed by atoms with Gasteiger partial charge in [0.25, 0.3) is 0 Å². The monoisotopic (exact) mass is 366 g/mol. The molecule has 0 aliphatic carbocycles. The third kappa shape index (κ3) is 3.27. The molecule has 9 heteroatoms. The molecule has 0 radical (unpaired) electrons. The minimum Gasteiger partial charge on any atom is -0.493 e. The van der Waals surface area contributed by atoms with Crippen LogP contribution in [-0.2, 0) is 16.4 Å². The molecule has 1 fully saturated rings. The average molecular weight is 366 g/mol. The highest BCUT2D eigenvalue weighted by atomic mass is 32.2. The molecule has 3 rings (SSSR count). The molecular formula is C15H18N4O3S2. The van der Waals surface area contributed by atoms with Crippen LogP contribution in [0.15, 0.2) is 34.5 Å². The maximum absolute atomic E-state index is 11.5. The molecule has 0 saturated carbocycles. The molecule has 7 nitrogen and oxygen atoms in total. The van der Waals surface area contributed by atoms with Gasteiger partial charge >= 0.3 is 0 Å². The van der Waals surface area contributed by atoms with Crippen LogP contribution in [0, 0.1) is 0 Å². The summed E-state index contributed by atoms with van der Waals surface area (Å²) in [5.41, 5.74) is 1.22. The Hall–Kier alpha value is -2.00. The van der Waals surface area contributed by atoms with E-state index in [0.29, 0.717) is 18.7 Å². The largest absolute Gasteiger partial charge is 0.493 e. The van der Waals surface area contributed by atoms with Gasteiger partial charge in [0.15, 0.2) is 15.5 Å². The molecule has 0 amide bonds. The number of thiocarbonyl (C=S) groups is 1. The summed E-state index contributed by atoms with van der Waals surface area (Å²) in [7, 11) is -2.98. The molecule has 0 bridgehead atoms. The Morgan fingerprint density at radius 3 is 2.88 bits per heavy atom. The van der Waals surface area contributed by atoms with Gasteiger partial charge in [-0.15, -0.1) is 10.2 Å². The predicted octanol–water partition coefficient (Wildman–Crippen LogP) is 2.51. The average Bonchev–Trinajstić information content (AvgIpc) is 3.01. The molecule has 2 N–H and O–H groups in total. The Bertz CT molecular complexity index is 918. The van der Waals surface area contributed by atoms with Crippen molar-refractivity contribution in [1.29, 1.82) is 0 Å². The summed E-state index contributed by atoms with van der Waals surface area (Å²) in [5.74, 6) is 0.256. The predicted molar refractivity (Wildman–Crippen MR) is 96.6 cm³/mol. The first-order chi connectivity index (χ1) is 11.4. The zero-order valence-electron chi connectivity index (χ0n) is 13.1. The van der Waals surface area contributed by atoms with E-state index in [9.17, 15) is 13.5 Å². The lowest BCUT2D eigenvalue weighted by Crippen LogP contribution is -2.33. The van der Waals surface area contributed by atoms with Crippen molar-refractivity contribution in [2.45, 2.75) is 25.9 Å². The van der Waals surface area contributed by atoms with Crippen molar-refractivity contribution in [2.24, 2.45) is 10.2 Å². The second kappa shape index (κ2) is 6.48. The van der Waals surface area contributed by atoms with Crippen molar-refractivity contribution in [3.8, 4) is 5.88 Å². The van der Waals surface area contributed by atoms with Crippen molar-refractivity contribution in [2.75, 3.05) is 11.5 Å². The first kappa shape index (κ1) is 16.8. The Morgan fingerprint density at radius 1 is 1.46 bits per heavy atom. The molecule has 0 unspecified atom stereocenters. The number of para-hydroxylation sites is 1. The van der Waals surface area contributed by atoms with E-state index in [0.717, 1.165) is 10.9 Å². The van der Waals surface area contributed by atoms with Crippen LogP contribution in [0.4, 0.5) is 5.69 Å². The number of hydrogen-bond acceptors (Lipinski definition) is 5. The van der Waals surface area contributed by atoms with Gasteiger partial charge in [-0.2, -0.15) is 0 Å². The van der Waals surface area contributed by atoms with Crippen LogP contribution < -0.4 is 5.32 Å². The number of aromatic nitrogens is 1. The molecule has 0 spiro atoms. The minimum atomic E-state index is -2.98. The number of sulfone groups is 1. The Labute approximate surface area is 145 Å². The topological polar surface area (TPSA) is 96.0 Å². The normalized spacial score (nSPS) is 20.0. The standard InChI is InChI=1S/C15H18N4O3S2/c1-2-19-12-6-4-3-5-11(12)13(14(19)20)17-18-15(23)16-10-7-8-24(21,22)9-10/h3-6,10,20H,2,7-9H2,1H3,(H,16,23)/t10-/m1/s1. The smallest absolute Gasteiger partial charge is 0.220 e. The lowest BCUT2D eigenvalue weighted by Gasteiger charge is -2.08. The van der Waals surface area contributed by atoms with Crippen LogP contribution in [0.3, 0.4) is 0 Å². The molecule has 24 heavy (non-hydrogen) atoms. The van der Waals surface area contributed by atoms with Gasteiger partial charge in [0.1, 0.15) is 0 Å². The number of nitrogens with zero attached hydrogens (tertiary/aromatic N) is 3. The van der Waals surface area contributed by atoms with Gasteiger partial charge in [0.05, 0.1) is 17.0 Å². The van der Waals surface area contributed by atoms with Crippen LogP contribution in [-0.4, -0.2) is 40.8 Å². The fourth-order valence-electron chi connectivity index (χ4n) is 2.90. The first-order valence-corrected chi connectivity index (χ1v) is 9.87. The summed E-state index contributed by atoms with van der Waals surface area (Å²) >= 11 is 5.11. The number of hydrogen-bond donors (Lipinski definition) is 2. The zero-order chi connectivity index (χ0) is 17.3. The van der Waals surface area contributed by atoms with E-state index in [1.807, 2.05) is 31.2 Å². The Balaban J connectivity index is 1.81. The van der Waals surface area contributed by atoms with E-state index < -0.39 is 9.84 Å². The number of benzene rings is 1. The molecule has 1 aromatic heterocycles. The zero-order valence-corrected chi connectivity index (χ0v) is 14.8. The molecule has 2 aromatic rings. The van der Waals surface area contributed by atoms with E-state index in [-0.39, 0.29) is 28.5 Å². The summed E-state index contributed by atoms with van der Waals surface area (Å²) in [6, 6.07) is 7.28. The summed E-state index contributed by atoms with van der Waals surface area (Å²) in [5, 5.41) is 22.2. The molecule has 128 valence electrons. The lowest BCUT2D eigenvalue weighted by atomic mass is 10.2. The summed E-state index contributed by atoms with van der Waals surface area (Å²) < 4.78 is 24.7. The van der Waals surface area contributed by atoms with Gasteiger partial charge in [-0.25, -0.2) is 8.42 Å². The van der Waals surface area contributed by atoms with Crippen molar-refractivity contribution in [3.05, 3.63) is 24.3 Å². The van der Waals surface area contributed by atoms with Gasteiger partial charge in [-0.1, -0.05) is 18.2 Å². The number of aromatic hydroxyl groups is 1. The summed E-state index contributed by atoms with van der Waals surface area (Å²) in [4.78, 5) is 0. The van der Waals surface area contributed by atoms with Gasteiger partial charge < -0.3 is 15.0 Å².